The van der Waals surface area contributed by atoms with Crippen LogP contribution in [0.2, 0.25) is 0 Å². The van der Waals surface area contributed by atoms with Crippen LogP contribution in [0.25, 0.3) is 34.9 Å². The SMILES string of the molecule is C(=Cc1ccc(-[n+]2nc(-c3ccccc3)nn2-c2ccccc2)cc1)c1ccccc1.[Cl-]. The normalized spacial score (nSPS) is 10.8. The maximum atomic E-state index is 4.80. The molecule has 0 aliphatic heterocycles. The zero-order chi connectivity index (χ0) is 20.9. The number of halogens is 1. The number of rotatable bonds is 5. The van der Waals surface area contributed by atoms with E-state index in [0.29, 0.717) is 5.82 Å². The predicted molar refractivity (Wildman–Crippen MR) is 124 cm³/mol. The lowest BCUT2D eigenvalue weighted by Gasteiger charge is -2.00. The van der Waals surface area contributed by atoms with Crippen molar-refractivity contribution in [3.63, 3.8) is 0 Å². The highest BCUT2D eigenvalue weighted by molar-refractivity contribution is 5.69. The number of aromatic nitrogens is 4. The molecule has 4 aromatic carbocycles. The molecule has 0 bridgehead atoms. The lowest BCUT2D eigenvalue weighted by Crippen LogP contribution is -3.00. The summed E-state index contributed by atoms with van der Waals surface area (Å²) in [7, 11) is 0. The first-order valence-electron chi connectivity index (χ1n) is 10.2. The summed E-state index contributed by atoms with van der Waals surface area (Å²) in [6.07, 6.45) is 4.23. The fraction of sp³-hybridized carbons (Fsp3) is 0. The smallest absolute Gasteiger partial charge is 0.340 e. The molecule has 0 fully saturated rings. The summed E-state index contributed by atoms with van der Waals surface area (Å²) in [5.41, 5.74) is 5.17. The molecule has 0 amide bonds. The van der Waals surface area contributed by atoms with Gasteiger partial charge in [0.15, 0.2) is 5.69 Å². The third kappa shape index (κ3) is 4.66. The van der Waals surface area contributed by atoms with Crippen LogP contribution < -0.4 is 17.2 Å². The Morgan fingerprint density at radius 1 is 0.594 bits per heavy atom. The van der Waals surface area contributed by atoms with Crippen molar-refractivity contribution in [3.05, 3.63) is 126 Å². The monoisotopic (exact) mass is 436 g/mol. The molecule has 5 heteroatoms. The first kappa shape index (κ1) is 21.2. The van der Waals surface area contributed by atoms with Crippen molar-refractivity contribution in [2.24, 2.45) is 0 Å². The number of tetrazole rings is 1. The number of nitrogens with zero attached hydrogens (tertiary/aromatic N) is 4. The fourth-order valence-electron chi connectivity index (χ4n) is 3.36. The van der Waals surface area contributed by atoms with Gasteiger partial charge in [0.2, 0.25) is 0 Å². The van der Waals surface area contributed by atoms with Crippen LogP contribution in [0.5, 0.6) is 0 Å². The Balaban J connectivity index is 0.00000245. The van der Waals surface area contributed by atoms with Crippen molar-refractivity contribution in [1.29, 1.82) is 0 Å². The predicted octanol–water partition coefficient (Wildman–Crippen LogP) is 2.39. The van der Waals surface area contributed by atoms with Crippen LogP contribution in [-0.4, -0.2) is 15.0 Å². The van der Waals surface area contributed by atoms with Crippen molar-refractivity contribution >= 4 is 12.2 Å². The summed E-state index contributed by atoms with van der Waals surface area (Å²) in [6.45, 7) is 0. The Morgan fingerprint density at radius 2 is 1.12 bits per heavy atom. The second-order valence-electron chi connectivity index (χ2n) is 7.14. The van der Waals surface area contributed by atoms with Gasteiger partial charge in [0, 0.05) is 4.80 Å². The molecule has 0 saturated heterocycles. The quantitative estimate of drug-likeness (QED) is 0.313. The molecule has 0 aliphatic rings. The van der Waals surface area contributed by atoms with Crippen LogP contribution in [0.4, 0.5) is 0 Å². The van der Waals surface area contributed by atoms with Gasteiger partial charge in [-0.15, -0.1) is 0 Å². The number of hydrogen-bond acceptors (Lipinski definition) is 2. The van der Waals surface area contributed by atoms with Gasteiger partial charge in [-0.2, -0.15) is 0 Å². The van der Waals surface area contributed by atoms with Gasteiger partial charge in [-0.1, -0.05) is 91.0 Å². The van der Waals surface area contributed by atoms with E-state index in [1.165, 1.54) is 5.56 Å². The minimum Gasteiger partial charge on any atom is -1.00 e. The highest BCUT2D eigenvalue weighted by Crippen LogP contribution is 2.15. The molecule has 0 unspecified atom stereocenters. The largest absolute Gasteiger partial charge is 1.00 e. The number of benzene rings is 4. The van der Waals surface area contributed by atoms with E-state index < -0.39 is 0 Å². The van der Waals surface area contributed by atoms with E-state index in [0.717, 1.165) is 22.5 Å². The molecule has 0 spiro atoms. The molecule has 0 aliphatic carbocycles. The molecule has 0 atom stereocenters. The Kier molecular flexibility index (Phi) is 6.54. The van der Waals surface area contributed by atoms with Crippen molar-refractivity contribution in [3.8, 4) is 22.8 Å². The van der Waals surface area contributed by atoms with Gasteiger partial charge in [0.25, 0.3) is 0 Å². The molecule has 156 valence electrons. The summed E-state index contributed by atoms with van der Waals surface area (Å²) in [5, 5.41) is 9.58. The molecule has 0 N–H and O–H groups in total. The van der Waals surface area contributed by atoms with Crippen LogP contribution in [0.15, 0.2) is 115 Å². The molecule has 0 radical (unpaired) electrons. The highest BCUT2D eigenvalue weighted by Gasteiger charge is 2.22. The second kappa shape index (κ2) is 9.86. The van der Waals surface area contributed by atoms with Crippen LogP contribution in [0, 0.1) is 0 Å². The zero-order valence-electron chi connectivity index (χ0n) is 17.3. The van der Waals surface area contributed by atoms with Gasteiger partial charge in [-0.3, -0.25) is 0 Å². The van der Waals surface area contributed by atoms with E-state index in [4.69, 9.17) is 10.2 Å². The van der Waals surface area contributed by atoms with Crippen LogP contribution in [-0.2, 0) is 0 Å². The minimum absolute atomic E-state index is 0. The van der Waals surface area contributed by atoms with E-state index in [1.54, 1.807) is 0 Å². The van der Waals surface area contributed by atoms with E-state index in [1.807, 2.05) is 88.5 Å². The number of para-hydroxylation sites is 1. The third-order valence-corrected chi connectivity index (χ3v) is 4.97. The zero-order valence-corrected chi connectivity index (χ0v) is 18.0. The molecule has 1 heterocycles. The summed E-state index contributed by atoms with van der Waals surface area (Å²) < 4.78 is 0. The van der Waals surface area contributed by atoms with Gasteiger partial charge < -0.3 is 12.4 Å². The molecule has 5 rings (SSSR count). The molecule has 0 saturated carbocycles. The highest BCUT2D eigenvalue weighted by atomic mass is 35.5. The van der Waals surface area contributed by atoms with Crippen LogP contribution >= 0.6 is 0 Å². The topological polar surface area (TPSA) is 34.6 Å². The average Bonchev–Trinajstić information content (AvgIpc) is 3.30. The first-order chi connectivity index (χ1) is 15.4. The van der Waals surface area contributed by atoms with Crippen LogP contribution in [0.1, 0.15) is 11.1 Å². The van der Waals surface area contributed by atoms with Gasteiger partial charge in [-0.05, 0) is 57.4 Å². The van der Waals surface area contributed by atoms with E-state index in [2.05, 4.69) is 48.6 Å². The van der Waals surface area contributed by atoms with Gasteiger partial charge in [0.05, 0.1) is 10.7 Å². The lowest BCUT2D eigenvalue weighted by atomic mass is 10.1. The number of hydrogen-bond donors (Lipinski definition) is 0. The lowest BCUT2D eigenvalue weighted by molar-refractivity contribution is -0.734. The molecule has 5 aromatic rings. The Labute approximate surface area is 193 Å². The summed E-state index contributed by atoms with van der Waals surface area (Å²) in [6, 6.07) is 38.7. The van der Waals surface area contributed by atoms with Gasteiger partial charge >= 0.3 is 5.82 Å². The Hall–Kier alpha value is -4.02. The maximum absolute atomic E-state index is 4.80. The Morgan fingerprint density at radius 3 is 1.75 bits per heavy atom. The molecule has 4 nitrogen and oxygen atoms in total. The van der Waals surface area contributed by atoms with Crippen molar-refractivity contribution < 1.29 is 17.2 Å². The van der Waals surface area contributed by atoms with Crippen LogP contribution in [0.3, 0.4) is 0 Å². The van der Waals surface area contributed by atoms with Crippen molar-refractivity contribution in [1.82, 2.24) is 15.0 Å². The fourth-order valence-corrected chi connectivity index (χ4v) is 3.36. The van der Waals surface area contributed by atoms with Gasteiger partial charge in [-0.25, -0.2) is 0 Å². The molecule has 32 heavy (non-hydrogen) atoms. The van der Waals surface area contributed by atoms with Crippen molar-refractivity contribution in [2.45, 2.75) is 0 Å². The van der Waals surface area contributed by atoms with Crippen molar-refractivity contribution in [2.75, 3.05) is 0 Å². The minimum atomic E-state index is 0. The van der Waals surface area contributed by atoms with E-state index in [9.17, 15) is 0 Å². The maximum Gasteiger partial charge on any atom is 0.340 e. The summed E-state index contributed by atoms with van der Waals surface area (Å²) in [4.78, 5) is 3.67. The molecular weight excluding hydrogens is 416 g/mol. The summed E-state index contributed by atoms with van der Waals surface area (Å²) in [5.74, 6) is 0.678. The molecular formula is C27H21ClN4. The third-order valence-electron chi connectivity index (χ3n) is 4.97. The standard InChI is InChI=1S/C27H21N4.ClH/c1-4-10-22(11-5-1)16-17-23-18-20-26(21-19-23)31-29-27(24-12-6-2-7-13-24)28-30(31)25-14-8-3-9-15-25;/h1-21H;1H/q+1;/p-1. The molecule has 1 aromatic heterocycles. The second-order valence-corrected chi connectivity index (χ2v) is 7.14. The van der Waals surface area contributed by atoms with Gasteiger partial charge in [0.1, 0.15) is 5.69 Å². The summed E-state index contributed by atoms with van der Waals surface area (Å²) >= 11 is 0. The van der Waals surface area contributed by atoms with E-state index in [-0.39, 0.29) is 12.4 Å². The Bertz CT molecular complexity index is 1300. The first-order valence-corrected chi connectivity index (χ1v) is 10.2. The average molecular weight is 437 g/mol. The van der Waals surface area contributed by atoms with E-state index >= 15 is 0 Å².